The standard InChI is InChI=1S/C24H26N6O5/c25-15-17-1-3-18(4-2-17)28-24(33)30-7-5-29(6-8-30)23-19-13-21(34-11-9-31)22(35-12-10-32)14-20(19)26-16-27-23/h1-4,13-14,16,31-32H,5-12H2,(H,28,33). The van der Waals surface area contributed by atoms with E-state index in [-0.39, 0.29) is 32.5 Å². The van der Waals surface area contributed by atoms with Crippen LogP contribution >= 0.6 is 0 Å². The first-order valence-electron chi connectivity index (χ1n) is 11.2. The molecule has 4 rings (SSSR count). The number of carbonyl (C=O) groups is 1. The van der Waals surface area contributed by atoms with E-state index in [1.807, 2.05) is 0 Å². The van der Waals surface area contributed by atoms with E-state index in [1.165, 1.54) is 6.33 Å². The summed E-state index contributed by atoms with van der Waals surface area (Å²) in [4.78, 5) is 25.3. The fourth-order valence-corrected chi connectivity index (χ4v) is 3.79. The van der Waals surface area contributed by atoms with E-state index in [2.05, 4.69) is 26.3 Å². The van der Waals surface area contributed by atoms with Gasteiger partial charge in [-0.3, -0.25) is 0 Å². The Morgan fingerprint density at radius 1 is 1.00 bits per heavy atom. The molecule has 0 atom stereocenters. The van der Waals surface area contributed by atoms with E-state index in [0.717, 1.165) is 5.39 Å². The Morgan fingerprint density at radius 3 is 2.29 bits per heavy atom. The number of fused-ring (bicyclic) bond motifs is 1. The van der Waals surface area contributed by atoms with Crippen LogP contribution in [0, 0.1) is 11.3 Å². The number of hydrogen-bond donors (Lipinski definition) is 3. The lowest BCUT2D eigenvalue weighted by molar-refractivity contribution is 0.178. The Balaban J connectivity index is 1.47. The van der Waals surface area contributed by atoms with Crippen molar-refractivity contribution >= 4 is 28.4 Å². The number of ether oxygens (including phenoxy) is 2. The molecule has 0 unspecified atom stereocenters. The van der Waals surface area contributed by atoms with Crippen LogP contribution in [-0.4, -0.2) is 83.7 Å². The van der Waals surface area contributed by atoms with Crippen molar-refractivity contribution in [2.45, 2.75) is 0 Å². The molecule has 2 heterocycles. The first-order chi connectivity index (χ1) is 17.1. The molecule has 0 aliphatic carbocycles. The molecule has 2 aromatic carbocycles. The predicted molar refractivity (Wildman–Crippen MR) is 129 cm³/mol. The van der Waals surface area contributed by atoms with Crippen LogP contribution < -0.4 is 19.7 Å². The van der Waals surface area contributed by atoms with E-state index in [9.17, 15) is 4.79 Å². The molecule has 1 aliphatic heterocycles. The van der Waals surface area contributed by atoms with Gasteiger partial charge in [-0.05, 0) is 30.3 Å². The highest BCUT2D eigenvalue weighted by atomic mass is 16.5. The fraction of sp³-hybridized carbons (Fsp3) is 0.333. The average molecular weight is 479 g/mol. The molecule has 0 spiro atoms. The number of aromatic nitrogens is 2. The van der Waals surface area contributed by atoms with Gasteiger partial charge in [0.1, 0.15) is 25.4 Å². The number of piperazine rings is 1. The number of amides is 2. The summed E-state index contributed by atoms with van der Waals surface area (Å²) in [5, 5.41) is 30.8. The largest absolute Gasteiger partial charge is 0.487 e. The molecule has 1 saturated heterocycles. The van der Waals surface area contributed by atoms with Crippen LogP contribution in [0.1, 0.15) is 5.56 Å². The molecule has 0 radical (unpaired) electrons. The maximum atomic E-state index is 12.7. The smallest absolute Gasteiger partial charge is 0.321 e. The number of urea groups is 1. The topological polar surface area (TPSA) is 144 Å². The Labute approximate surface area is 202 Å². The van der Waals surface area contributed by atoms with Gasteiger partial charge in [-0.2, -0.15) is 5.26 Å². The number of benzene rings is 2. The Morgan fingerprint density at radius 2 is 1.66 bits per heavy atom. The number of aliphatic hydroxyl groups is 2. The summed E-state index contributed by atoms with van der Waals surface area (Å²) < 4.78 is 11.2. The molecule has 3 N–H and O–H groups in total. The third-order valence-electron chi connectivity index (χ3n) is 5.51. The van der Waals surface area contributed by atoms with E-state index in [1.54, 1.807) is 41.3 Å². The van der Waals surface area contributed by atoms with Gasteiger partial charge in [0.05, 0.1) is 30.4 Å². The summed E-state index contributed by atoms with van der Waals surface area (Å²) in [6.45, 7) is 2.05. The van der Waals surface area contributed by atoms with Crippen LogP contribution in [0.3, 0.4) is 0 Å². The fourth-order valence-electron chi connectivity index (χ4n) is 3.79. The van der Waals surface area contributed by atoms with Crippen LogP contribution in [0.25, 0.3) is 10.9 Å². The number of hydrogen-bond acceptors (Lipinski definition) is 9. The van der Waals surface area contributed by atoms with Gasteiger partial charge in [-0.15, -0.1) is 0 Å². The summed E-state index contributed by atoms with van der Waals surface area (Å²) in [5.41, 5.74) is 1.82. The van der Waals surface area contributed by atoms with Crippen molar-refractivity contribution in [3.8, 4) is 17.6 Å². The second kappa shape index (κ2) is 11.3. The molecular weight excluding hydrogens is 452 g/mol. The second-order valence-electron chi connectivity index (χ2n) is 7.75. The molecule has 1 fully saturated rings. The van der Waals surface area contributed by atoms with Gasteiger partial charge in [-0.25, -0.2) is 14.8 Å². The lowest BCUT2D eigenvalue weighted by Gasteiger charge is -2.35. The van der Waals surface area contributed by atoms with Crippen LogP contribution in [0.4, 0.5) is 16.3 Å². The average Bonchev–Trinajstić information content (AvgIpc) is 2.90. The highest BCUT2D eigenvalue weighted by molar-refractivity contribution is 5.92. The minimum Gasteiger partial charge on any atom is -0.487 e. The third-order valence-corrected chi connectivity index (χ3v) is 5.51. The van der Waals surface area contributed by atoms with Crippen molar-refractivity contribution in [1.82, 2.24) is 14.9 Å². The predicted octanol–water partition coefficient (Wildman–Crippen LogP) is 1.60. The van der Waals surface area contributed by atoms with E-state index >= 15 is 0 Å². The number of rotatable bonds is 8. The number of nitriles is 1. The van der Waals surface area contributed by atoms with Gasteiger partial charge in [0.25, 0.3) is 0 Å². The van der Waals surface area contributed by atoms with Gasteiger partial charge in [-0.1, -0.05) is 0 Å². The third kappa shape index (κ3) is 5.68. The van der Waals surface area contributed by atoms with Gasteiger partial charge in [0.15, 0.2) is 11.5 Å². The van der Waals surface area contributed by atoms with Crippen molar-refractivity contribution in [3.05, 3.63) is 48.3 Å². The number of aliphatic hydroxyl groups excluding tert-OH is 2. The van der Waals surface area contributed by atoms with Crippen molar-refractivity contribution in [2.75, 3.05) is 62.8 Å². The molecule has 1 aromatic heterocycles. The van der Waals surface area contributed by atoms with Crippen molar-refractivity contribution < 1.29 is 24.5 Å². The highest BCUT2D eigenvalue weighted by Crippen LogP contribution is 2.35. The molecule has 0 bridgehead atoms. The first kappa shape index (κ1) is 24.0. The lowest BCUT2D eigenvalue weighted by atomic mass is 10.2. The SMILES string of the molecule is N#Cc1ccc(NC(=O)N2CCN(c3ncnc4cc(OCCO)c(OCCO)cc34)CC2)cc1. The quantitative estimate of drug-likeness (QED) is 0.440. The Hall–Kier alpha value is -4.14. The Kier molecular flexibility index (Phi) is 7.77. The van der Waals surface area contributed by atoms with Crippen LogP contribution in [0.5, 0.6) is 11.5 Å². The highest BCUT2D eigenvalue weighted by Gasteiger charge is 2.24. The first-order valence-corrected chi connectivity index (χ1v) is 11.2. The molecule has 0 saturated carbocycles. The molecule has 11 heteroatoms. The van der Waals surface area contributed by atoms with E-state index in [4.69, 9.17) is 24.9 Å². The van der Waals surface area contributed by atoms with Gasteiger partial charge < -0.3 is 34.8 Å². The summed E-state index contributed by atoms with van der Waals surface area (Å²) >= 11 is 0. The summed E-state index contributed by atoms with van der Waals surface area (Å²) in [6, 6.07) is 12.1. The van der Waals surface area contributed by atoms with E-state index < -0.39 is 0 Å². The zero-order chi connectivity index (χ0) is 24.6. The maximum Gasteiger partial charge on any atom is 0.321 e. The summed E-state index contributed by atoms with van der Waals surface area (Å²) in [6.07, 6.45) is 1.48. The number of nitrogens with one attached hydrogen (secondary N) is 1. The number of carbonyl (C=O) groups excluding carboxylic acids is 1. The molecule has 11 nitrogen and oxygen atoms in total. The zero-order valence-electron chi connectivity index (χ0n) is 19.1. The van der Waals surface area contributed by atoms with Gasteiger partial charge in [0, 0.05) is 43.3 Å². The monoisotopic (exact) mass is 478 g/mol. The molecule has 3 aromatic rings. The summed E-state index contributed by atoms with van der Waals surface area (Å²) in [7, 11) is 0. The summed E-state index contributed by atoms with van der Waals surface area (Å²) in [5.74, 6) is 1.56. The Bertz CT molecular complexity index is 1210. The van der Waals surface area contributed by atoms with Crippen molar-refractivity contribution in [3.63, 3.8) is 0 Å². The second-order valence-corrected chi connectivity index (χ2v) is 7.75. The van der Waals surface area contributed by atoms with Crippen LogP contribution in [0.2, 0.25) is 0 Å². The number of nitrogens with zero attached hydrogens (tertiary/aromatic N) is 5. The lowest BCUT2D eigenvalue weighted by Crippen LogP contribution is -2.50. The minimum atomic E-state index is -0.202. The van der Waals surface area contributed by atoms with E-state index in [0.29, 0.717) is 60.3 Å². The van der Waals surface area contributed by atoms with Gasteiger partial charge >= 0.3 is 6.03 Å². The van der Waals surface area contributed by atoms with Gasteiger partial charge in [0.2, 0.25) is 0 Å². The minimum absolute atomic E-state index is 0.0943. The van der Waals surface area contributed by atoms with Crippen LogP contribution in [-0.2, 0) is 0 Å². The van der Waals surface area contributed by atoms with Crippen molar-refractivity contribution in [2.24, 2.45) is 0 Å². The molecular formula is C24H26N6O5. The van der Waals surface area contributed by atoms with Crippen molar-refractivity contribution in [1.29, 1.82) is 5.26 Å². The van der Waals surface area contributed by atoms with Crippen LogP contribution in [0.15, 0.2) is 42.7 Å². The normalized spacial score (nSPS) is 13.4. The molecule has 2 amide bonds. The molecule has 182 valence electrons. The maximum absolute atomic E-state index is 12.7. The zero-order valence-corrected chi connectivity index (χ0v) is 19.1. The molecule has 35 heavy (non-hydrogen) atoms. The molecule has 1 aliphatic rings. The number of anilines is 2.